The maximum atomic E-state index is 12.6. The zero-order valence-electron chi connectivity index (χ0n) is 11.9. The van der Waals surface area contributed by atoms with Crippen molar-refractivity contribution in [1.29, 1.82) is 0 Å². The molecule has 2 N–H and O–H groups in total. The van der Waals surface area contributed by atoms with E-state index in [2.05, 4.69) is 6.92 Å². The highest BCUT2D eigenvalue weighted by atomic mass is 16.2. The Balaban J connectivity index is 2.10. The van der Waals surface area contributed by atoms with Gasteiger partial charge in [-0.25, -0.2) is 0 Å². The first-order valence-corrected chi connectivity index (χ1v) is 7.24. The Morgan fingerprint density at radius 1 is 1.26 bits per heavy atom. The Kier molecular flexibility index (Phi) is 4.59. The van der Waals surface area contributed by atoms with Crippen molar-refractivity contribution in [2.45, 2.75) is 51.1 Å². The number of hydrogen-bond donors (Lipinski definition) is 1. The molecule has 0 aliphatic heterocycles. The van der Waals surface area contributed by atoms with E-state index in [0.29, 0.717) is 12.1 Å². The Labute approximate surface area is 115 Å². The van der Waals surface area contributed by atoms with E-state index in [0.717, 1.165) is 43.2 Å². The lowest BCUT2D eigenvalue weighted by Gasteiger charge is -2.33. The standard InChI is InChI=1S/C16H24N2O/c1-3-12-6-4-5-7-15(12)16(19)18(2)14-10-8-13(17)9-11-14/h4-7,13-14H,3,8-11,17H2,1-2H3. The molecule has 3 heteroatoms. The van der Waals surface area contributed by atoms with Gasteiger partial charge in [0.05, 0.1) is 0 Å². The highest BCUT2D eigenvalue weighted by Crippen LogP contribution is 2.23. The smallest absolute Gasteiger partial charge is 0.254 e. The van der Waals surface area contributed by atoms with Crippen LogP contribution in [0.15, 0.2) is 24.3 Å². The van der Waals surface area contributed by atoms with E-state index < -0.39 is 0 Å². The molecule has 2 rings (SSSR count). The van der Waals surface area contributed by atoms with Crippen LogP contribution in [0.3, 0.4) is 0 Å². The maximum absolute atomic E-state index is 12.6. The summed E-state index contributed by atoms with van der Waals surface area (Å²) >= 11 is 0. The zero-order valence-corrected chi connectivity index (χ0v) is 11.9. The largest absolute Gasteiger partial charge is 0.339 e. The third-order valence-electron chi connectivity index (χ3n) is 4.24. The average Bonchev–Trinajstić information content (AvgIpc) is 2.46. The lowest BCUT2D eigenvalue weighted by molar-refractivity contribution is 0.0689. The van der Waals surface area contributed by atoms with Gasteiger partial charge in [0.1, 0.15) is 0 Å². The van der Waals surface area contributed by atoms with Crippen LogP contribution in [0.4, 0.5) is 0 Å². The van der Waals surface area contributed by atoms with Gasteiger partial charge in [0.25, 0.3) is 5.91 Å². The fourth-order valence-corrected chi connectivity index (χ4v) is 2.88. The van der Waals surface area contributed by atoms with Crippen molar-refractivity contribution in [3.63, 3.8) is 0 Å². The maximum Gasteiger partial charge on any atom is 0.254 e. The van der Waals surface area contributed by atoms with Crippen molar-refractivity contribution in [2.24, 2.45) is 5.73 Å². The van der Waals surface area contributed by atoms with Gasteiger partial charge in [-0.05, 0) is 43.7 Å². The summed E-state index contributed by atoms with van der Waals surface area (Å²) in [5.41, 5.74) is 7.91. The molecule has 19 heavy (non-hydrogen) atoms. The van der Waals surface area contributed by atoms with Crippen LogP contribution in [0.2, 0.25) is 0 Å². The average molecular weight is 260 g/mol. The van der Waals surface area contributed by atoms with Gasteiger partial charge in [-0.15, -0.1) is 0 Å². The predicted molar refractivity (Wildman–Crippen MR) is 78.1 cm³/mol. The second kappa shape index (κ2) is 6.20. The SMILES string of the molecule is CCc1ccccc1C(=O)N(C)C1CCC(N)CC1. The van der Waals surface area contributed by atoms with Crippen LogP contribution in [-0.4, -0.2) is 29.9 Å². The molecule has 1 fully saturated rings. The van der Waals surface area contributed by atoms with Crippen LogP contribution in [0.25, 0.3) is 0 Å². The van der Waals surface area contributed by atoms with Crippen LogP contribution in [-0.2, 0) is 6.42 Å². The molecular weight excluding hydrogens is 236 g/mol. The summed E-state index contributed by atoms with van der Waals surface area (Å²) in [5.74, 6) is 0.151. The van der Waals surface area contributed by atoms with E-state index in [1.807, 2.05) is 36.2 Å². The van der Waals surface area contributed by atoms with Crippen LogP contribution >= 0.6 is 0 Å². The van der Waals surface area contributed by atoms with Gasteiger partial charge in [-0.1, -0.05) is 25.1 Å². The fourth-order valence-electron chi connectivity index (χ4n) is 2.88. The molecule has 104 valence electrons. The minimum absolute atomic E-state index is 0.151. The minimum atomic E-state index is 0.151. The summed E-state index contributed by atoms with van der Waals surface area (Å²) in [5, 5.41) is 0. The molecule has 0 bridgehead atoms. The fraction of sp³-hybridized carbons (Fsp3) is 0.562. The van der Waals surface area contributed by atoms with Gasteiger partial charge >= 0.3 is 0 Å². The molecule has 1 aromatic rings. The molecule has 1 aliphatic carbocycles. The van der Waals surface area contributed by atoms with E-state index in [1.165, 1.54) is 0 Å². The minimum Gasteiger partial charge on any atom is -0.339 e. The first-order chi connectivity index (χ1) is 9.13. The predicted octanol–water partition coefficient (Wildman–Crippen LogP) is 2.59. The van der Waals surface area contributed by atoms with E-state index in [1.54, 1.807) is 0 Å². The first-order valence-electron chi connectivity index (χ1n) is 7.24. The summed E-state index contributed by atoms with van der Waals surface area (Å²) in [6.45, 7) is 2.09. The van der Waals surface area contributed by atoms with Gasteiger partial charge < -0.3 is 10.6 Å². The van der Waals surface area contributed by atoms with Crippen LogP contribution in [0, 0.1) is 0 Å². The van der Waals surface area contributed by atoms with Crippen molar-refractivity contribution in [3.8, 4) is 0 Å². The summed E-state index contributed by atoms with van der Waals surface area (Å²) in [4.78, 5) is 14.5. The van der Waals surface area contributed by atoms with Crippen molar-refractivity contribution < 1.29 is 4.79 Å². The molecular formula is C16H24N2O. The number of carbonyl (C=O) groups is 1. The second-order valence-corrected chi connectivity index (χ2v) is 5.50. The first kappa shape index (κ1) is 14.1. The molecule has 0 saturated heterocycles. The number of hydrogen-bond acceptors (Lipinski definition) is 2. The van der Waals surface area contributed by atoms with Crippen LogP contribution in [0.1, 0.15) is 48.5 Å². The normalized spacial score (nSPS) is 23.1. The molecule has 0 radical (unpaired) electrons. The number of nitrogens with zero attached hydrogens (tertiary/aromatic N) is 1. The topological polar surface area (TPSA) is 46.3 Å². The van der Waals surface area contributed by atoms with Crippen molar-refractivity contribution >= 4 is 5.91 Å². The van der Waals surface area contributed by atoms with Gasteiger partial charge in [0, 0.05) is 24.7 Å². The highest BCUT2D eigenvalue weighted by molar-refractivity contribution is 5.95. The molecule has 0 heterocycles. The molecule has 0 aromatic heterocycles. The number of rotatable bonds is 3. The Hall–Kier alpha value is -1.35. The van der Waals surface area contributed by atoms with Gasteiger partial charge in [-0.2, -0.15) is 0 Å². The van der Waals surface area contributed by atoms with Crippen LogP contribution in [0.5, 0.6) is 0 Å². The number of amides is 1. The summed E-state index contributed by atoms with van der Waals surface area (Å²) in [6, 6.07) is 8.58. The second-order valence-electron chi connectivity index (χ2n) is 5.50. The molecule has 0 unspecified atom stereocenters. The third kappa shape index (κ3) is 3.16. The van der Waals surface area contributed by atoms with Crippen molar-refractivity contribution in [1.82, 2.24) is 4.90 Å². The Morgan fingerprint density at radius 2 is 1.89 bits per heavy atom. The van der Waals surface area contributed by atoms with E-state index in [9.17, 15) is 4.79 Å². The highest BCUT2D eigenvalue weighted by Gasteiger charge is 2.26. The number of carbonyl (C=O) groups excluding carboxylic acids is 1. The summed E-state index contributed by atoms with van der Waals surface area (Å²) in [6.07, 6.45) is 5.00. The molecule has 0 atom stereocenters. The lowest BCUT2D eigenvalue weighted by atomic mass is 9.90. The van der Waals surface area contributed by atoms with Crippen LogP contribution < -0.4 is 5.73 Å². The monoisotopic (exact) mass is 260 g/mol. The van der Waals surface area contributed by atoms with Gasteiger partial charge in [0.2, 0.25) is 0 Å². The van der Waals surface area contributed by atoms with Crippen molar-refractivity contribution in [3.05, 3.63) is 35.4 Å². The summed E-state index contributed by atoms with van der Waals surface area (Å²) in [7, 11) is 1.93. The van der Waals surface area contributed by atoms with E-state index in [4.69, 9.17) is 5.73 Å². The third-order valence-corrected chi connectivity index (χ3v) is 4.24. The molecule has 1 saturated carbocycles. The van der Waals surface area contributed by atoms with Gasteiger partial charge in [0.15, 0.2) is 0 Å². The molecule has 1 aromatic carbocycles. The van der Waals surface area contributed by atoms with Gasteiger partial charge in [-0.3, -0.25) is 4.79 Å². The van der Waals surface area contributed by atoms with E-state index in [-0.39, 0.29) is 5.91 Å². The van der Waals surface area contributed by atoms with E-state index >= 15 is 0 Å². The molecule has 1 aliphatic rings. The quantitative estimate of drug-likeness (QED) is 0.908. The number of aryl methyl sites for hydroxylation is 1. The number of benzene rings is 1. The Morgan fingerprint density at radius 3 is 2.53 bits per heavy atom. The molecule has 3 nitrogen and oxygen atoms in total. The number of nitrogens with two attached hydrogens (primary N) is 1. The summed E-state index contributed by atoms with van der Waals surface area (Å²) < 4.78 is 0. The molecule has 1 amide bonds. The lowest BCUT2D eigenvalue weighted by Crippen LogP contribution is -2.42. The molecule has 0 spiro atoms. The zero-order chi connectivity index (χ0) is 13.8. The Bertz CT molecular complexity index is 436. The van der Waals surface area contributed by atoms with Crippen molar-refractivity contribution in [2.75, 3.05) is 7.05 Å².